The molecule has 1 amide bonds. The molecule has 4 rings (SSSR count). The lowest BCUT2D eigenvalue weighted by Crippen LogP contribution is -2.14. The van der Waals surface area contributed by atoms with E-state index in [9.17, 15) is 9.18 Å². The highest BCUT2D eigenvalue weighted by Crippen LogP contribution is 2.29. The Kier molecular flexibility index (Phi) is 6.36. The van der Waals surface area contributed by atoms with Gasteiger partial charge >= 0.3 is 0 Å². The number of hydrogen-bond donors (Lipinski definition) is 1. The first-order valence-corrected chi connectivity index (χ1v) is 11.5. The molecule has 0 fully saturated rings. The van der Waals surface area contributed by atoms with Crippen molar-refractivity contribution in [2.45, 2.75) is 24.7 Å². The number of anilines is 1. The van der Waals surface area contributed by atoms with Crippen LogP contribution in [0.4, 0.5) is 10.2 Å². The van der Waals surface area contributed by atoms with Gasteiger partial charge in [0.15, 0.2) is 0 Å². The van der Waals surface area contributed by atoms with Gasteiger partial charge in [0.25, 0.3) is 0 Å². The van der Waals surface area contributed by atoms with E-state index < -0.39 is 0 Å². The maximum absolute atomic E-state index is 14.0. The third kappa shape index (κ3) is 4.83. The second-order valence-corrected chi connectivity index (χ2v) is 9.23. The lowest BCUT2D eigenvalue weighted by molar-refractivity contribution is -0.116. The lowest BCUT2D eigenvalue weighted by atomic mass is 10.3. The van der Waals surface area contributed by atoms with Crippen molar-refractivity contribution in [1.29, 1.82) is 0 Å². The second kappa shape index (κ2) is 9.16. The van der Waals surface area contributed by atoms with Crippen molar-refractivity contribution < 1.29 is 9.18 Å². The third-order valence-electron chi connectivity index (χ3n) is 4.27. The van der Waals surface area contributed by atoms with E-state index >= 15 is 0 Å². The zero-order valence-corrected chi connectivity index (χ0v) is 18.5. The van der Waals surface area contributed by atoms with Gasteiger partial charge in [0.2, 0.25) is 11.0 Å². The van der Waals surface area contributed by atoms with Gasteiger partial charge < -0.3 is 5.32 Å². The molecule has 154 valence electrons. The van der Waals surface area contributed by atoms with Gasteiger partial charge in [0.05, 0.1) is 10.4 Å². The van der Waals surface area contributed by atoms with Gasteiger partial charge in [0.1, 0.15) is 17.2 Å². The number of thiazole rings is 1. The molecule has 0 radical (unpaired) electrons. The molecule has 5 nitrogen and oxygen atoms in total. The Morgan fingerprint density at radius 1 is 1.27 bits per heavy atom. The minimum atomic E-state index is -0.373. The second-order valence-electron chi connectivity index (χ2n) is 6.62. The number of rotatable bonds is 7. The summed E-state index contributed by atoms with van der Waals surface area (Å²) in [6.45, 7) is 1.84. The van der Waals surface area contributed by atoms with E-state index in [1.165, 1.54) is 17.4 Å². The van der Waals surface area contributed by atoms with E-state index in [0.717, 1.165) is 27.5 Å². The number of thioether (sulfide) groups is 1. The number of aromatic nitrogens is 3. The standard InChI is InChI=1S/C21H18ClFN4OS2/c1-13-12-18(24-19(28)6-3-11-29-15-9-7-14(22)8-10-15)27(26-13)21-25-20-16(23)4-2-5-17(20)30-21/h2,4-5,7-10,12H,3,6,11H2,1H3,(H,24,28). The zero-order chi connectivity index (χ0) is 21.1. The molecule has 2 aromatic heterocycles. The summed E-state index contributed by atoms with van der Waals surface area (Å²) in [6, 6.07) is 14.3. The minimum absolute atomic E-state index is 0.0971. The van der Waals surface area contributed by atoms with E-state index in [1.54, 1.807) is 28.6 Å². The van der Waals surface area contributed by atoms with Gasteiger partial charge in [-0.25, -0.2) is 9.37 Å². The predicted molar refractivity (Wildman–Crippen MR) is 121 cm³/mol. The Labute approximate surface area is 186 Å². The number of hydrogen-bond acceptors (Lipinski definition) is 5. The van der Waals surface area contributed by atoms with Gasteiger partial charge in [-0.1, -0.05) is 29.0 Å². The van der Waals surface area contributed by atoms with Crippen molar-refractivity contribution in [2.24, 2.45) is 0 Å². The normalized spacial score (nSPS) is 11.2. The minimum Gasteiger partial charge on any atom is -0.311 e. The fourth-order valence-electron chi connectivity index (χ4n) is 2.89. The molecule has 0 saturated heterocycles. The molecule has 0 aliphatic carbocycles. The average molecular weight is 461 g/mol. The third-order valence-corrected chi connectivity index (χ3v) is 6.62. The van der Waals surface area contributed by atoms with Crippen molar-refractivity contribution in [1.82, 2.24) is 14.8 Å². The van der Waals surface area contributed by atoms with Gasteiger partial charge in [-0.2, -0.15) is 9.78 Å². The molecule has 9 heteroatoms. The van der Waals surface area contributed by atoms with Crippen LogP contribution in [0.25, 0.3) is 15.3 Å². The fourth-order valence-corrected chi connectivity index (χ4v) is 4.81. The number of halogens is 2. The summed E-state index contributed by atoms with van der Waals surface area (Å²) < 4.78 is 16.3. The van der Waals surface area contributed by atoms with Crippen LogP contribution in [0.2, 0.25) is 5.02 Å². The molecule has 0 bridgehead atoms. The van der Waals surface area contributed by atoms with Crippen molar-refractivity contribution >= 4 is 56.6 Å². The summed E-state index contributed by atoms with van der Waals surface area (Å²) in [4.78, 5) is 17.9. The molecule has 0 atom stereocenters. The summed E-state index contributed by atoms with van der Waals surface area (Å²) in [5, 5.41) is 8.54. The first-order valence-electron chi connectivity index (χ1n) is 9.30. The number of carbonyl (C=O) groups excluding carboxylic acids is 1. The van der Waals surface area contributed by atoms with Crippen LogP contribution >= 0.6 is 34.7 Å². The molecule has 0 aliphatic rings. The van der Waals surface area contributed by atoms with E-state index in [1.807, 2.05) is 37.3 Å². The number of para-hydroxylation sites is 1. The number of carbonyl (C=O) groups is 1. The van der Waals surface area contributed by atoms with Gasteiger partial charge in [-0.15, -0.1) is 11.8 Å². The quantitative estimate of drug-likeness (QED) is 0.267. The molecule has 0 spiro atoms. The van der Waals surface area contributed by atoms with Crippen LogP contribution in [-0.4, -0.2) is 26.4 Å². The van der Waals surface area contributed by atoms with E-state index in [0.29, 0.717) is 27.9 Å². The van der Waals surface area contributed by atoms with Crippen LogP contribution in [-0.2, 0) is 4.79 Å². The molecular formula is C21H18ClFN4OS2. The van der Waals surface area contributed by atoms with Gasteiger partial charge in [-0.05, 0) is 55.5 Å². The van der Waals surface area contributed by atoms with E-state index in [4.69, 9.17) is 11.6 Å². The Bertz CT molecular complexity index is 1190. The largest absolute Gasteiger partial charge is 0.311 e. The summed E-state index contributed by atoms with van der Waals surface area (Å²) in [7, 11) is 0. The van der Waals surface area contributed by atoms with Crippen LogP contribution in [0.1, 0.15) is 18.5 Å². The maximum Gasteiger partial charge on any atom is 0.225 e. The van der Waals surface area contributed by atoms with Crippen LogP contribution in [0.5, 0.6) is 0 Å². The number of aryl methyl sites for hydroxylation is 1. The zero-order valence-electron chi connectivity index (χ0n) is 16.1. The highest BCUT2D eigenvalue weighted by molar-refractivity contribution is 7.99. The predicted octanol–water partition coefficient (Wildman–Crippen LogP) is 6.09. The molecule has 0 aliphatic heterocycles. The number of fused-ring (bicyclic) bond motifs is 1. The molecule has 4 aromatic rings. The number of nitrogens with zero attached hydrogens (tertiary/aromatic N) is 3. The van der Waals surface area contributed by atoms with Gasteiger partial charge in [-0.3, -0.25) is 4.79 Å². The summed E-state index contributed by atoms with van der Waals surface area (Å²) >= 11 is 8.90. The average Bonchev–Trinajstić information content (AvgIpc) is 3.31. The van der Waals surface area contributed by atoms with Crippen LogP contribution < -0.4 is 5.32 Å². The van der Waals surface area contributed by atoms with E-state index in [-0.39, 0.29) is 11.7 Å². The fraction of sp³-hybridized carbons (Fsp3) is 0.190. The van der Waals surface area contributed by atoms with Crippen molar-refractivity contribution in [3.8, 4) is 5.13 Å². The number of benzene rings is 2. The van der Waals surface area contributed by atoms with Crippen LogP contribution in [0.15, 0.2) is 53.4 Å². The first kappa shape index (κ1) is 20.8. The maximum atomic E-state index is 14.0. The Balaban J connectivity index is 1.39. The molecule has 2 heterocycles. The monoisotopic (exact) mass is 460 g/mol. The Morgan fingerprint density at radius 3 is 2.83 bits per heavy atom. The molecule has 0 saturated carbocycles. The smallest absolute Gasteiger partial charge is 0.225 e. The Morgan fingerprint density at radius 2 is 2.07 bits per heavy atom. The highest BCUT2D eigenvalue weighted by atomic mass is 35.5. The number of nitrogens with one attached hydrogen (secondary N) is 1. The SMILES string of the molecule is Cc1cc(NC(=O)CCCSc2ccc(Cl)cc2)n(-c2nc3c(F)cccc3s2)n1. The van der Waals surface area contributed by atoms with E-state index in [2.05, 4.69) is 15.4 Å². The van der Waals surface area contributed by atoms with Gasteiger partial charge in [0, 0.05) is 22.4 Å². The molecular weight excluding hydrogens is 443 g/mol. The molecule has 1 N–H and O–H groups in total. The highest BCUT2D eigenvalue weighted by Gasteiger charge is 2.15. The van der Waals surface area contributed by atoms with Crippen LogP contribution in [0.3, 0.4) is 0 Å². The first-order chi connectivity index (χ1) is 14.5. The summed E-state index contributed by atoms with van der Waals surface area (Å²) in [6.07, 6.45) is 1.12. The molecule has 2 aromatic carbocycles. The van der Waals surface area contributed by atoms with Crippen molar-refractivity contribution in [2.75, 3.05) is 11.1 Å². The lowest BCUT2D eigenvalue weighted by Gasteiger charge is -2.06. The number of amides is 1. The van der Waals surface area contributed by atoms with Crippen molar-refractivity contribution in [3.63, 3.8) is 0 Å². The Hall–Kier alpha value is -2.42. The topological polar surface area (TPSA) is 59.8 Å². The molecule has 0 unspecified atom stereocenters. The summed E-state index contributed by atoms with van der Waals surface area (Å²) in [5.74, 6) is 0.884. The van der Waals surface area contributed by atoms with Crippen molar-refractivity contribution in [3.05, 3.63) is 65.1 Å². The van der Waals surface area contributed by atoms with Crippen LogP contribution in [0, 0.1) is 12.7 Å². The molecule has 30 heavy (non-hydrogen) atoms. The summed E-state index contributed by atoms with van der Waals surface area (Å²) in [5.41, 5.74) is 1.05.